The van der Waals surface area contributed by atoms with Crippen LogP contribution in [0.25, 0.3) is 0 Å². The molecule has 4 nitrogen and oxygen atoms in total. The molecule has 0 radical (unpaired) electrons. The Balaban J connectivity index is 1.73. The number of hydrogen-bond donors (Lipinski definition) is 2. The lowest BCUT2D eigenvalue weighted by atomic mass is 9.93. The molecule has 1 aliphatic carbocycles. The number of hydrogen-bond acceptors (Lipinski definition) is 3. The molecule has 0 aromatic rings. The second kappa shape index (κ2) is 4.94. The topological polar surface area (TPSA) is 58.4 Å². The highest BCUT2D eigenvalue weighted by molar-refractivity contribution is 5.79. The predicted octanol–water partition coefficient (Wildman–Crippen LogP) is 0.714. The predicted molar refractivity (Wildman–Crippen MR) is 68.6 cm³/mol. The van der Waals surface area contributed by atoms with Crippen molar-refractivity contribution in [3.05, 3.63) is 0 Å². The minimum Gasteiger partial charge on any atom is -0.368 e. The summed E-state index contributed by atoms with van der Waals surface area (Å²) in [5.74, 6) is -0.199. The number of carbonyl (C=O) groups is 1. The van der Waals surface area contributed by atoms with E-state index in [0.29, 0.717) is 11.5 Å². The summed E-state index contributed by atoms with van der Waals surface area (Å²) in [5, 5.41) is 3.33. The summed E-state index contributed by atoms with van der Waals surface area (Å²) in [6.45, 7) is 7.89. The van der Waals surface area contributed by atoms with E-state index in [-0.39, 0.29) is 11.9 Å². The van der Waals surface area contributed by atoms with E-state index in [1.165, 1.54) is 19.3 Å². The molecular weight excluding hydrogens is 214 g/mol. The van der Waals surface area contributed by atoms with Gasteiger partial charge in [0, 0.05) is 19.1 Å². The van der Waals surface area contributed by atoms with Crippen molar-refractivity contribution in [2.45, 2.75) is 51.6 Å². The zero-order valence-corrected chi connectivity index (χ0v) is 11.0. The van der Waals surface area contributed by atoms with Gasteiger partial charge in [0.25, 0.3) is 0 Å². The van der Waals surface area contributed by atoms with E-state index in [2.05, 4.69) is 24.1 Å². The third-order valence-corrected chi connectivity index (χ3v) is 3.85. The number of nitrogens with two attached hydrogens (primary N) is 1. The molecule has 1 amide bonds. The highest BCUT2D eigenvalue weighted by Crippen LogP contribution is 2.28. The molecule has 17 heavy (non-hydrogen) atoms. The van der Waals surface area contributed by atoms with E-state index in [1.54, 1.807) is 0 Å². The summed E-state index contributed by atoms with van der Waals surface area (Å²) in [5.41, 5.74) is 5.87. The highest BCUT2D eigenvalue weighted by Gasteiger charge is 2.31. The minimum atomic E-state index is -0.199. The largest absolute Gasteiger partial charge is 0.368 e. The van der Waals surface area contributed by atoms with Crippen molar-refractivity contribution in [3.8, 4) is 0 Å². The van der Waals surface area contributed by atoms with Crippen LogP contribution in [0.2, 0.25) is 0 Å². The monoisotopic (exact) mass is 239 g/mol. The Morgan fingerprint density at radius 2 is 2.24 bits per heavy atom. The van der Waals surface area contributed by atoms with E-state index >= 15 is 0 Å². The molecule has 2 fully saturated rings. The van der Waals surface area contributed by atoms with Gasteiger partial charge in [-0.05, 0) is 37.6 Å². The van der Waals surface area contributed by atoms with Gasteiger partial charge in [-0.1, -0.05) is 13.8 Å². The van der Waals surface area contributed by atoms with E-state index in [4.69, 9.17) is 5.73 Å². The fourth-order valence-corrected chi connectivity index (χ4v) is 2.57. The van der Waals surface area contributed by atoms with E-state index in [1.807, 2.05) is 0 Å². The number of carbonyl (C=O) groups excluding carboxylic acids is 1. The standard InChI is InChI=1S/C13H25N3O/c1-13(2)6-8-16(9-13)7-5-11(12(14)17)15-10-3-4-10/h10-11,15H,3-9H2,1-2H3,(H2,14,17). The van der Waals surface area contributed by atoms with Gasteiger partial charge >= 0.3 is 0 Å². The molecule has 1 aliphatic heterocycles. The van der Waals surface area contributed by atoms with Gasteiger partial charge in [-0.2, -0.15) is 0 Å². The Labute approximate surface area is 104 Å². The lowest BCUT2D eigenvalue weighted by Crippen LogP contribution is -2.44. The first kappa shape index (κ1) is 12.8. The van der Waals surface area contributed by atoms with Crippen molar-refractivity contribution in [2.75, 3.05) is 19.6 Å². The third kappa shape index (κ3) is 3.96. The molecule has 1 saturated carbocycles. The number of nitrogens with one attached hydrogen (secondary N) is 1. The van der Waals surface area contributed by atoms with Gasteiger partial charge in [0.15, 0.2) is 0 Å². The van der Waals surface area contributed by atoms with Crippen LogP contribution in [0.15, 0.2) is 0 Å². The number of primary amides is 1. The smallest absolute Gasteiger partial charge is 0.234 e. The van der Waals surface area contributed by atoms with Crippen molar-refractivity contribution < 1.29 is 4.79 Å². The van der Waals surface area contributed by atoms with Gasteiger partial charge in [0.05, 0.1) is 6.04 Å². The van der Waals surface area contributed by atoms with Gasteiger partial charge in [0.2, 0.25) is 5.91 Å². The maximum Gasteiger partial charge on any atom is 0.234 e. The number of amides is 1. The van der Waals surface area contributed by atoms with E-state index < -0.39 is 0 Å². The second-order valence-corrected chi connectivity index (χ2v) is 6.37. The summed E-state index contributed by atoms with van der Waals surface area (Å²) in [6.07, 6.45) is 4.49. The van der Waals surface area contributed by atoms with Crippen molar-refractivity contribution >= 4 is 5.91 Å². The molecule has 2 aliphatic rings. The lowest BCUT2D eigenvalue weighted by molar-refractivity contribution is -0.120. The molecule has 1 heterocycles. The maximum atomic E-state index is 11.3. The van der Waals surface area contributed by atoms with Crippen LogP contribution in [-0.4, -0.2) is 42.5 Å². The summed E-state index contributed by atoms with van der Waals surface area (Å²) in [6, 6.07) is 0.411. The van der Waals surface area contributed by atoms with Crippen LogP contribution < -0.4 is 11.1 Å². The first-order valence-corrected chi connectivity index (χ1v) is 6.74. The normalized spacial score (nSPS) is 26.0. The third-order valence-electron chi connectivity index (χ3n) is 3.85. The van der Waals surface area contributed by atoms with Crippen LogP contribution in [0.1, 0.15) is 39.5 Å². The molecule has 3 N–H and O–H groups in total. The highest BCUT2D eigenvalue weighted by atomic mass is 16.1. The molecule has 2 rings (SSSR count). The molecular formula is C13H25N3O. The average molecular weight is 239 g/mol. The molecule has 0 aromatic carbocycles. The summed E-state index contributed by atoms with van der Waals surface area (Å²) < 4.78 is 0. The first-order chi connectivity index (χ1) is 7.96. The lowest BCUT2D eigenvalue weighted by Gasteiger charge is -2.22. The Morgan fingerprint density at radius 3 is 2.71 bits per heavy atom. The van der Waals surface area contributed by atoms with Crippen LogP contribution in [0, 0.1) is 5.41 Å². The van der Waals surface area contributed by atoms with Gasteiger partial charge in [-0.15, -0.1) is 0 Å². The maximum absolute atomic E-state index is 11.3. The van der Waals surface area contributed by atoms with Crippen LogP contribution in [0.4, 0.5) is 0 Å². The summed E-state index contributed by atoms with van der Waals surface area (Å²) >= 11 is 0. The zero-order chi connectivity index (χ0) is 12.5. The Kier molecular flexibility index (Phi) is 3.73. The fourth-order valence-electron chi connectivity index (χ4n) is 2.57. The SMILES string of the molecule is CC1(C)CCN(CCC(NC2CC2)C(N)=O)C1. The zero-order valence-electron chi connectivity index (χ0n) is 11.0. The van der Waals surface area contributed by atoms with Crippen LogP contribution in [0.5, 0.6) is 0 Å². The number of rotatable bonds is 6. The van der Waals surface area contributed by atoms with Gasteiger partial charge < -0.3 is 16.0 Å². The quantitative estimate of drug-likeness (QED) is 0.718. The van der Waals surface area contributed by atoms with Gasteiger partial charge in [-0.3, -0.25) is 4.79 Å². The molecule has 1 saturated heterocycles. The Hall–Kier alpha value is -0.610. The number of likely N-dealkylation sites (tertiary alicyclic amines) is 1. The molecule has 98 valence electrons. The first-order valence-electron chi connectivity index (χ1n) is 6.74. The van der Waals surface area contributed by atoms with E-state index in [9.17, 15) is 4.79 Å². The second-order valence-electron chi connectivity index (χ2n) is 6.37. The van der Waals surface area contributed by atoms with Crippen LogP contribution >= 0.6 is 0 Å². The molecule has 0 spiro atoms. The molecule has 1 unspecified atom stereocenters. The Bertz CT molecular complexity index is 286. The van der Waals surface area contributed by atoms with Crippen molar-refractivity contribution in [1.82, 2.24) is 10.2 Å². The molecule has 1 atom stereocenters. The van der Waals surface area contributed by atoms with E-state index in [0.717, 1.165) is 26.1 Å². The Morgan fingerprint density at radius 1 is 1.53 bits per heavy atom. The van der Waals surface area contributed by atoms with Crippen LogP contribution in [-0.2, 0) is 4.79 Å². The molecule has 0 bridgehead atoms. The molecule has 0 aromatic heterocycles. The summed E-state index contributed by atoms with van der Waals surface area (Å²) in [4.78, 5) is 13.8. The van der Waals surface area contributed by atoms with Crippen molar-refractivity contribution in [1.29, 1.82) is 0 Å². The van der Waals surface area contributed by atoms with Crippen molar-refractivity contribution in [3.63, 3.8) is 0 Å². The number of nitrogens with zero attached hydrogens (tertiary/aromatic N) is 1. The van der Waals surface area contributed by atoms with Crippen LogP contribution in [0.3, 0.4) is 0 Å². The van der Waals surface area contributed by atoms with Crippen molar-refractivity contribution in [2.24, 2.45) is 11.1 Å². The fraction of sp³-hybridized carbons (Fsp3) is 0.923. The summed E-state index contributed by atoms with van der Waals surface area (Å²) in [7, 11) is 0. The van der Waals surface area contributed by atoms with Gasteiger partial charge in [-0.25, -0.2) is 0 Å². The minimum absolute atomic E-state index is 0.133. The van der Waals surface area contributed by atoms with Gasteiger partial charge in [0.1, 0.15) is 0 Å². The average Bonchev–Trinajstić information content (AvgIpc) is 2.97. The molecule has 4 heteroatoms.